The number of nitrogens with one attached hydrogen (secondary N) is 1. The van der Waals surface area contributed by atoms with Crippen LogP contribution >= 0.6 is 15.9 Å². The molecular formula is C18H25BrN2O. The first-order chi connectivity index (χ1) is 10.7. The van der Waals surface area contributed by atoms with Crippen LogP contribution in [0.5, 0.6) is 0 Å². The minimum absolute atomic E-state index is 0.107. The highest BCUT2D eigenvalue weighted by Gasteiger charge is 2.39. The Kier molecular flexibility index (Phi) is 5.19. The third kappa shape index (κ3) is 3.38. The van der Waals surface area contributed by atoms with Crippen LogP contribution in [0.4, 0.5) is 0 Å². The minimum Gasteiger partial charge on any atom is -0.335 e. The molecule has 3 unspecified atom stereocenters. The van der Waals surface area contributed by atoms with Gasteiger partial charge in [0.2, 0.25) is 5.91 Å². The van der Waals surface area contributed by atoms with Gasteiger partial charge in [-0.1, -0.05) is 35.0 Å². The summed E-state index contributed by atoms with van der Waals surface area (Å²) in [6.45, 7) is 4.15. The van der Waals surface area contributed by atoms with Gasteiger partial charge in [0.15, 0.2) is 0 Å². The number of halogens is 1. The van der Waals surface area contributed by atoms with E-state index in [9.17, 15) is 4.79 Å². The van der Waals surface area contributed by atoms with Crippen LogP contribution in [0.3, 0.4) is 0 Å². The van der Waals surface area contributed by atoms with Crippen LogP contribution < -0.4 is 5.32 Å². The number of benzene rings is 1. The molecule has 2 aliphatic heterocycles. The van der Waals surface area contributed by atoms with Crippen molar-refractivity contribution in [1.82, 2.24) is 10.2 Å². The lowest BCUT2D eigenvalue weighted by Gasteiger charge is -2.31. The summed E-state index contributed by atoms with van der Waals surface area (Å²) in [6.07, 6.45) is 5.21. The molecule has 3 nitrogen and oxygen atoms in total. The van der Waals surface area contributed by atoms with E-state index in [1.54, 1.807) is 0 Å². The number of fused-ring (bicyclic) bond motifs is 2. The Morgan fingerprint density at radius 2 is 2.18 bits per heavy atom. The lowest BCUT2D eigenvalue weighted by Crippen LogP contribution is -2.45. The number of amides is 1. The first-order valence-corrected chi connectivity index (χ1v) is 9.25. The summed E-state index contributed by atoms with van der Waals surface area (Å²) in [5.41, 5.74) is 1.25. The van der Waals surface area contributed by atoms with E-state index in [2.05, 4.69) is 51.3 Å². The second-order valence-electron chi connectivity index (χ2n) is 6.56. The zero-order chi connectivity index (χ0) is 15.5. The van der Waals surface area contributed by atoms with Gasteiger partial charge in [-0.3, -0.25) is 4.79 Å². The Morgan fingerprint density at radius 1 is 1.36 bits per heavy atom. The summed E-state index contributed by atoms with van der Waals surface area (Å²) in [6, 6.07) is 9.22. The molecule has 2 aliphatic rings. The summed E-state index contributed by atoms with van der Waals surface area (Å²) in [5, 5.41) is 3.48. The number of nitrogens with zero attached hydrogens (tertiary/aromatic N) is 1. The van der Waals surface area contributed by atoms with Crippen molar-refractivity contribution in [2.45, 2.75) is 51.1 Å². The van der Waals surface area contributed by atoms with E-state index in [0.29, 0.717) is 18.0 Å². The van der Waals surface area contributed by atoms with E-state index in [1.165, 1.54) is 12.0 Å². The van der Waals surface area contributed by atoms with Crippen LogP contribution in [-0.2, 0) is 11.2 Å². The summed E-state index contributed by atoms with van der Waals surface area (Å²) in [5.74, 6) is 0.481. The Morgan fingerprint density at radius 3 is 2.95 bits per heavy atom. The molecule has 1 N–H and O–H groups in total. The second-order valence-corrected chi connectivity index (χ2v) is 7.48. The van der Waals surface area contributed by atoms with Crippen molar-refractivity contribution in [2.75, 3.05) is 13.1 Å². The Hall–Kier alpha value is -0.870. The van der Waals surface area contributed by atoms with Gasteiger partial charge in [-0.2, -0.15) is 0 Å². The van der Waals surface area contributed by atoms with Gasteiger partial charge in [0.05, 0.1) is 0 Å². The van der Waals surface area contributed by atoms with E-state index in [1.807, 2.05) is 6.07 Å². The van der Waals surface area contributed by atoms with Crippen molar-refractivity contribution in [3.8, 4) is 0 Å². The van der Waals surface area contributed by atoms with Gasteiger partial charge >= 0.3 is 0 Å². The summed E-state index contributed by atoms with van der Waals surface area (Å²) >= 11 is 3.52. The third-order valence-corrected chi connectivity index (χ3v) is 5.62. The standard InChI is InChI=1S/C18H25BrN2O/c1-2-14(10-13-4-3-5-15(19)11-13)18(22)21-16-6-7-17(21)12-20-9-8-16/h3-5,11,14,16-17,20H,2,6-10,12H2,1H3. The fraction of sp³-hybridized carbons (Fsp3) is 0.611. The molecule has 0 saturated carbocycles. The van der Waals surface area contributed by atoms with Gasteiger partial charge < -0.3 is 10.2 Å². The van der Waals surface area contributed by atoms with Crippen molar-refractivity contribution in [2.24, 2.45) is 5.92 Å². The lowest BCUT2D eigenvalue weighted by molar-refractivity contribution is -0.138. The Balaban J connectivity index is 1.74. The summed E-state index contributed by atoms with van der Waals surface area (Å²) in [7, 11) is 0. The zero-order valence-corrected chi connectivity index (χ0v) is 14.8. The molecular weight excluding hydrogens is 340 g/mol. The van der Waals surface area contributed by atoms with Crippen LogP contribution in [0.15, 0.2) is 28.7 Å². The molecule has 1 amide bonds. The molecule has 2 saturated heterocycles. The van der Waals surface area contributed by atoms with Crippen LogP contribution in [0.2, 0.25) is 0 Å². The number of carbonyl (C=O) groups is 1. The molecule has 120 valence electrons. The van der Waals surface area contributed by atoms with Gasteiger partial charge in [-0.15, -0.1) is 0 Å². The molecule has 0 aromatic heterocycles. The maximum absolute atomic E-state index is 13.1. The molecule has 22 heavy (non-hydrogen) atoms. The molecule has 1 aromatic carbocycles. The van der Waals surface area contributed by atoms with Gasteiger partial charge in [0.25, 0.3) is 0 Å². The first-order valence-electron chi connectivity index (χ1n) is 8.46. The maximum Gasteiger partial charge on any atom is 0.226 e. The molecule has 0 spiro atoms. The average Bonchev–Trinajstić information content (AvgIpc) is 2.77. The largest absolute Gasteiger partial charge is 0.335 e. The molecule has 3 rings (SSSR count). The second kappa shape index (κ2) is 7.14. The van der Waals surface area contributed by atoms with E-state index in [4.69, 9.17) is 0 Å². The van der Waals surface area contributed by atoms with E-state index < -0.39 is 0 Å². The normalized spacial score (nSPS) is 25.8. The first kappa shape index (κ1) is 16.0. The average molecular weight is 365 g/mol. The summed E-state index contributed by atoms with van der Waals surface area (Å²) < 4.78 is 1.09. The SMILES string of the molecule is CCC(Cc1cccc(Br)c1)C(=O)N1C2CCNCC1CC2. The van der Waals surface area contributed by atoms with Crippen molar-refractivity contribution in [1.29, 1.82) is 0 Å². The molecule has 2 fully saturated rings. The molecule has 0 aliphatic carbocycles. The fourth-order valence-corrected chi connectivity index (χ4v) is 4.35. The highest BCUT2D eigenvalue weighted by molar-refractivity contribution is 9.10. The monoisotopic (exact) mass is 364 g/mol. The van der Waals surface area contributed by atoms with Crippen molar-refractivity contribution < 1.29 is 4.79 Å². The number of hydrogen-bond acceptors (Lipinski definition) is 2. The predicted octanol–water partition coefficient (Wildman–Crippen LogP) is 3.37. The third-order valence-electron chi connectivity index (χ3n) is 5.12. The van der Waals surface area contributed by atoms with Gasteiger partial charge in [-0.05, 0) is 56.3 Å². The summed E-state index contributed by atoms with van der Waals surface area (Å²) in [4.78, 5) is 15.3. The minimum atomic E-state index is 0.107. The number of carbonyl (C=O) groups excluding carboxylic acids is 1. The predicted molar refractivity (Wildman–Crippen MR) is 92.8 cm³/mol. The number of hydrogen-bond donors (Lipinski definition) is 1. The lowest BCUT2D eigenvalue weighted by atomic mass is 9.94. The zero-order valence-electron chi connectivity index (χ0n) is 13.2. The van der Waals surface area contributed by atoms with Gasteiger partial charge in [0, 0.05) is 29.0 Å². The van der Waals surface area contributed by atoms with Gasteiger partial charge in [0.1, 0.15) is 0 Å². The van der Waals surface area contributed by atoms with Crippen LogP contribution in [0, 0.1) is 5.92 Å². The van der Waals surface area contributed by atoms with Crippen LogP contribution in [-0.4, -0.2) is 36.0 Å². The number of rotatable bonds is 4. The highest BCUT2D eigenvalue weighted by atomic mass is 79.9. The van der Waals surface area contributed by atoms with E-state index in [0.717, 1.165) is 43.2 Å². The topological polar surface area (TPSA) is 32.3 Å². The Labute approximate surface area is 141 Å². The smallest absolute Gasteiger partial charge is 0.226 e. The fourth-order valence-electron chi connectivity index (χ4n) is 3.91. The van der Waals surface area contributed by atoms with Gasteiger partial charge in [-0.25, -0.2) is 0 Å². The maximum atomic E-state index is 13.1. The molecule has 2 bridgehead atoms. The van der Waals surface area contributed by atoms with E-state index >= 15 is 0 Å². The molecule has 4 heteroatoms. The molecule has 1 aromatic rings. The van der Waals surface area contributed by atoms with Crippen LogP contribution in [0.25, 0.3) is 0 Å². The Bertz CT molecular complexity index is 520. The van der Waals surface area contributed by atoms with Crippen LogP contribution in [0.1, 0.15) is 38.2 Å². The van der Waals surface area contributed by atoms with E-state index in [-0.39, 0.29) is 5.92 Å². The van der Waals surface area contributed by atoms with Crippen molar-refractivity contribution >= 4 is 21.8 Å². The molecule has 2 heterocycles. The molecule has 0 radical (unpaired) electrons. The quantitative estimate of drug-likeness (QED) is 0.887. The molecule has 3 atom stereocenters. The van der Waals surface area contributed by atoms with Crippen molar-refractivity contribution in [3.63, 3.8) is 0 Å². The van der Waals surface area contributed by atoms with Crippen molar-refractivity contribution in [3.05, 3.63) is 34.3 Å². The highest BCUT2D eigenvalue weighted by Crippen LogP contribution is 2.31.